The highest BCUT2D eigenvalue weighted by Crippen LogP contribution is 2.39. The van der Waals surface area contributed by atoms with E-state index in [4.69, 9.17) is 9.73 Å². The second-order valence-corrected chi connectivity index (χ2v) is 10.6. The van der Waals surface area contributed by atoms with Crippen LogP contribution in [0.5, 0.6) is 0 Å². The smallest absolute Gasteiger partial charge is 0.335 e. The van der Waals surface area contributed by atoms with Crippen LogP contribution in [0.4, 0.5) is 16.4 Å². The van der Waals surface area contributed by atoms with Gasteiger partial charge in [0, 0.05) is 4.88 Å². The van der Waals surface area contributed by atoms with Gasteiger partial charge in [-0.2, -0.15) is 0 Å². The molecule has 0 bridgehead atoms. The molecule has 34 heavy (non-hydrogen) atoms. The number of amidine groups is 1. The zero-order valence-electron chi connectivity index (χ0n) is 19.0. The van der Waals surface area contributed by atoms with Gasteiger partial charge in [0.15, 0.2) is 12.2 Å². The van der Waals surface area contributed by atoms with Gasteiger partial charge < -0.3 is 35.4 Å². The lowest BCUT2D eigenvalue weighted by Gasteiger charge is -2.51. The lowest BCUT2D eigenvalue weighted by Crippen LogP contribution is -2.72. The highest BCUT2D eigenvalue weighted by Gasteiger charge is 2.54. The van der Waals surface area contributed by atoms with Crippen molar-refractivity contribution in [1.29, 1.82) is 0 Å². The highest BCUT2D eigenvalue weighted by molar-refractivity contribution is 7.16. The molecule has 10 nitrogen and oxygen atoms in total. The first kappa shape index (κ1) is 23.2. The normalized spacial score (nSPS) is 30.4. The number of nitrogens with one attached hydrogen (secondary N) is 1. The number of aryl methyl sites for hydroxylation is 1. The number of piperazine rings is 1. The van der Waals surface area contributed by atoms with Gasteiger partial charge >= 0.3 is 5.97 Å². The molecule has 0 spiro atoms. The summed E-state index contributed by atoms with van der Waals surface area (Å²) in [6.45, 7) is 4.31. The molecular formula is C23H29N4O6S+. The molecule has 0 radical (unpaired) electrons. The molecule has 0 saturated carbocycles. The molecule has 3 aliphatic rings. The van der Waals surface area contributed by atoms with Gasteiger partial charge in [0.05, 0.1) is 50.2 Å². The highest BCUT2D eigenvalue weighted by atomic mass is 32.1. The van der Waals surface area contributed by atoms with Crippen LogP contribution in [0, 0.1) is 6.92 Å². The third-order valence-corrected chi connectivity index (χ3v) is 7.95. The standard InChI is InChI=1S/C23H28N4O6S/c1-12-11-13-20(24-14-5-3-4-6-15(14)25-21(13)34-12)26-7-9-27(2,10-8-26)22-18(30)16(28)17(29)19(33-22)23(31)32/h3-6,11,16-19,22,28-30H,7-10H2,1-2H3,(H-,24,25,31,32)/p+1/t16-,17-,18+,19-,22-/m0/s1. The van der Waals surface area contributed by atoms with Gasteiger partial charge in [0.2, 0.25) is 6.23 Å². The van der Waals surface area contributed by atoms with Crippen molar-refractivity contribution >= 4 is 39.5 Å². The van der Waals surface area contributed by atoms with E-state index in [2.05, 4.69) is 23.2 Å². The minimum absolute atomic E-state index is 0.211. The van der Waals surface area contributed by atoms with E-state index >= 15 is 0 Å². The average molecular weight is 490 g/mol. The summed E-state index contributed by atoms with van der Waals surface area (Å²) in [6.07, 6.45) is -7.26. The van der Waals surface area contributed by atoms with Gasteiger partial charge in [-0.1, -0.05) is 12.1 Å². The van der Waals surface area contributed by atoms with Gasteiger partial charge in [0.25, 0.3) is 0 Å². The van der Waals surface area contributed by atoms with E-state index in [0.717, 1.165) is 27.8 Å². The third kappa shape index (κ3) is 3.88. The molecule has 5 atom stereocenters. The van der Waals surface area contributed by atoms with Gasteiger partial charge in [-0.15, -0.1) is 11.3 Å². The predicted octanol–water partition coefficient (Wildman–Crippen LogP) is 0.846. The number of para-hydroxylation sites is 2. The first-order chi connectivity index (χ1) is 16.2. The first-order valence-electron chi connectivity index (χ1n) is 11.2. The maximum Gasteiger partial charge on any atom is 0.335 e. The molecule has 5 rings (SSSR count). The number of rotatable bonds is 2. The van der Waals surface area contributed by atoms with Crippen molar-refractivity contribution in [1.82, 2.24) is 4.90 Å². The Morgan fingerprint density at radius 2 is 1.88 bits per heavy atom. The number of anilines is 2. The number of benzene rings is 1. The largest absolute Gasteiger partial charge is 0.479 e. The predicted molar refractivity (Wildman–Crippen MR) is 127 cm³/mol. The number of aliphatic hydroxyl groups excluding tert-OH is 3. The summed E-state index contributed by atoms with van der Waals surface area (Å²) in [7, 11) is 1.88. The van der Waals surface area contributed by atoms with Crippen LogP contribution in [-0.2, 0) is 9.53 Å². The van der Waals surface area contributed by atoms with E-state index in [1.165, 1.54) is 4.88 Å². The number of quaternary nitrogens is 1. The zero-order chi connectivity index (χ0) is 24.2. The van der Waals surface area contributed by atoms with E-state index in [9.17, 15) is 25.2 Å². The second kappa shape index (κ2) is 8.59. The molecule has 2 saturated heterocycles. The van der Waals surface area contributed by atoms with Crippen LogP contribution in [0.2, 0.25) is 0 Å². The van der Waals surface area contributed by atoms with Crippen LogP contribution in [0.25, 0.3) is 0 Å². The zero-order valence-corrected chi connectivity index (χ0v) is 19.8. The van der Waals surface area contributed by atoms with Crippen LogP contribution >= 0.6 is 11.3 Å². The average Bonchev–Trinajstić information content (AvgIpc) is 3.09. The number of hydrogen-bond donors (Lipinski definition) is 5. The van der Waals surface area contributed by atoms with Crippen molar-refractivity contribution in [2.75, 3.05) is 38.5 Å². The lowest BCUT2D eigenvalue weighted by atomic mass is 9.96. The molecular weight excluding hydrogens is 460 g/mol. The van der Waals surface area contributed by atoms with Crippen LogP contribution in [0.3, 0.4) is 0 Å². The number of aliphatic hydroxyl groups is 3. The molecule has 2 fully saturated rings. The Kier molecular flexibility index (Phi) is 5.87. The van der Waals surface area contributed by atoms with Crippen molar-refractivity contribution in [3.63, 3.8) is 0 Å². The fourth-order valence-electron chi connectivity index (χ4n) is 4.96. The summed E-state index contributed by atoms with van der Waals surface area (Å²) in [4.78, 5) is 19.9. The minimum atomic E-state index is -1.69. The molecule has 2 aromatic rings. The number of aliphatic imine (C=N–C) groups is 1. The molecule has 5 N–H and O–H groups in total. The topological polar surface area (TPSA) is 135 Å². The number of fused-ring (bicyclic) bond motifs is 2. The molecule has 182 valence electrons. The van der Waals surface area contributed by atoms with Crippen molar-refractivity contribution < 1.29 is 34.4 Å². The summed E-state index contributed by atoms with van der Waals surface area (Å²) in [5, 5.41) is 44.9. The number of thiophene rings is 1. The van der Waals surface area contributed by atoms with E-state index in [1.807, 2.05) is 31.3 Å². The van der Waals surface area contributed by atoms with E-state index < -0.39 is 36.6 Å². The molecule has 1 aromatic heterocycles. The summed E-state index contributed by atoms with van der Waals surface area (Å²) in [5.41, 5.74) is 2.84. The molecule has 1 aromatic carbocycles. The Morgan fingerprint density at radius 3 is 2.59 bits per heavy atom. The fraction of sp³-hybridized carbons (Fsp3) is 0.478. The summed E-state index contributed by atoms with van der Waals surface area (Å²) < 4.78 is 5.86. The van der Waals surface area contributed by atoms with Crippen molar-refractivity contribution in [2.45, 2.75) is 37.6 Å². The number of carbonyl (C=O) groups is 1. The fourth-order valence-corrected chi connectivity index (χ4v) is 5.88. The Labute approximate surface area is 200 Å². The molecule has 4 heterocycles. The van der Waals surface area contributed by atoms with Crippen molar-refractivity contribution in [3.05, 3.63) is 40.8 Å². The molecule has 0 amide bonds. The number of likely N-dealkylation sites (N-methyl/N-ethyl adjacent to an activating group) is 1. The first-order valence-corrected chi connectivity index (χ1v) is 12.1. The number of nitrogens with zero attached hydrogens (tertiary/aromatic N) is 3. The van der Waals surface area contributed by atoms with Gasteiger partial charge in [0.1, 0.15) is 23.0 Å². The number of ether oxygens (including phenoxy) is 1. The van der Waals surface area contributed by atoms with E-state index in [1.54, 1.807) is 11.3 Å². The van der Waals surface area contributed by atoms with Crippen molar-refractivity contribution in [2.24, 2.45) is 4.99 Å². The molecule has 11 heteroatoms. The summed E-state index contributed by atoms with van der Waals surface area (Å²) in [5.74, 6) is -0.500. The SMILES string of the molecule is Cc1cc2c(s1)Nc1ccccc1N=C2N1CC[N+](C)([C@H]2O[C@H](C(=O)O)[C@@H](O)[C@H](O)[C@H]2O)CC1. The monoisotopic (exact) mass is 489 g/mol. The Hall–Kier alpha value is -2.54. The van der Waals surface area contributed by atoms with Gasteiger partial charge in [-0.05, 0) is 25.1 Å². The van der Waals surface area contributed by atoms with Crippen LogP contribution in [0.1, 0.15) is 10.4 Å². The number of carboxylic acids is 1. The summed E-state index contributed by atoms with van der Waals surface area (Å²) in [6, 6.07) is 10.0. The lowest BCUT2D eigenvalue weighted by molar-refractivity contribution is -0.964. The number of aliphatic carboxylic acids is 1. The van der Waals surface area contributed by atoms with Crippen LogP contribution in [0.15, 0.2) is 35.3 Å². The summed E-state index contributed by atoms with van der Waals surface area (Å²) >= 11 is 1.68. The number of carboxylic acid groups (broad SMARTS) is 1. The van der Waals surface area contributed by atoms with Crippen molar-refractivity contribution in [3.8, 4) is 0 Å². The van der Waals surface area contributed by atoms with E-state index in [-0.39, 0.29) is 4.48 Å². The third-order valence-electron chi connectivity index (χ3n) is 6.98. The maximum atomic E-state index is 11.5. The quantitative estimate of drug-likeness (QED) is 0.392. The van der Waals surface area contributed by atoms with Crippen LogP contribution < -0.4 is 5.32 Å². The van der Waals surface area contributed by atoms with E-state index in [0.29, 0.717) is 26.2 Å². The second-order valence-electron chi connectivity index (χ2n) is 9.35. The Balaban J connectivity index is 1.40. The molecule has 0 aliphatic carbocycles. The van der Waals surface area contributed by atoms with Crippen LogP contribution in [-0.4, -0.2) is 105 Å². The Morgan fingerprint density at radius 1 is 1.18 bits per heavy atom. The minimum Gasteiger partial charge on any atom is -0.479 e. The maximum absolute atomic E-state index is 11.5. The molecule has 0 unspecified atom stereocenters. The van der Waals surface area contributed by atoms with Gasteiger partial charge in [-0.3, -0.25) is 4.48 Å². The number of hydrogen-bond acceptors (Lipinski definition) is 9. The van der Waals surface area contributed by atoms with Gasteiger partial charge in [-0.25, -0.2) is 9.79 Å². The Bertz CT molecular complexity index is 1130. The molecule has 3 aliphatic heterocycles.